The van der Waals surface area contributed by atoms with Crippen molar-refractivity contribution in [3.8, 4) is 5.75 Å². The number of amides is 1. The second-order valence-electron chi connectivity index (χ2n) is 8.67. The van der Waals surface area contributed by atoms with Crippen LogP contribution in [-0.4, -0.2) is 45.9 Å². The zero-order chi connectivity index (χ0) is 20.4. The molecule has 1 aliphatic carbocycles. The van der Waals surface area contributed by atoms with Crippen molar-refractivity contribution < 1.29 is 9.53 Å². The van der Waals surface area contributed by atoms with E-state index in [4.69, 9.17) is 9.72 Å². The number of aromatic nitrogens is 1. The van der Waals surface area contributed by atoms with Crippen molar-refractivity contribution in [1.29, 1.82) is 0 Å². The van der Waals surface area contributed by atoms with Crippen molar-refractivity contribution in [1.82, 2.24) is 14.8 Å². The quantitative estimate of drug-likeness (QED) is 0.792. The lowest BCUT2D eigenvalue weighted by Gasteiger charge is -2.43. The summed E-state index contributed by atoms with van der Waals surface area (Å²) in [5.41, 5.74) is 3.19. The molecule has 0 unspecified atom stereocenters. The maximum Gasteiger partial charge on any atom is 0.219 e. The number of fused-ring (bicyclic) bond motifs is 1. The normalized spacial score (nSPS) is 24.4. The molecule has 0 saturated heterocycles. The van der Waals surface area contributed by atoms with Gasteiger partial charge in [0.05, 0.1) is 5.69 Å². The Morgan fingerprint density at radius 3 is 2.69 bits per heavy atom. The number of para-hydroxylation sites is 1. The first-order valence-electron chi connectivity index (χ1n) is 10.6. The van der Waals surface area contributed by atoms with Gasteiger partial charge in [-0.25, -0.2) is 0 Å². The molecule has 1 aromatic heterocycles. The number of aryl methyl sites for hydroxylation is 1. The zero-order valence-electron chi connectivity index (χ0n) is 17.7. The zero-order valence-corrected chi connectivity index (χ0v) is 17.7. The van der Waals surface area contributed by atoms with Crippen molar-refractivity contribution in [3.05, 3.63) is 59.4 Å². The van der Waals surface area contributed by atoms with Gasteiger partial charge in [-0.2, -0.15) is 0 Å². The summed E-state index contributed by atoms with van der Waals surface area (Å²) in [5, 5.41) is 0. The Balaban J connectivity index is 1.57. The van der Waals surface area contributed by atoms with E-state index in [1.807, 2.05) is 24.9 Å². The van der Waals surface area contributed by atoms with Crippen LogP contribution in [0.15, 0.2) is 42.5 Å². The maximum absolute atomic E-state index is 11.8. The van der Waals surface area contributed by atoms with Gasteiger partial charge in [0.25, 0.3) is 0 Å². The first-order chi connectivity index (χ1) is 13.9. The van der Waals surface area contributed by atoms with Crippen molar-refractivity contribution >= 4 is 5.91 Å². The largest absolute Gasteiger partial charge is 0.486 e. The summed E-state index contributed by atoms with van der Waals surface area (Å²) < 4.78 is 6.70. The summed E-state index contributed by atoms with van der Waals surface area (Å²) >= 11 is 0. The molecule has 0 bridgehead atoms. The van der Waals surface area contributed by atoms with Crippen LogP contribution in [0.25, 0.3) is 0 Å². The fourth-order valence-electron chi connectivity index (χ4n) is 4.77. The average Bonchev–Trinajstić information content (AvgIpc) is 2.84. The highest BCUT2D eigenvalue weighted by Gasteiger charge is 2.42. The minimum atomic E-state index is -0.204. The van der Waals surface area contributed by atoms with Gasteiger partial charge in [-0.15, -0.1) is 0 Å². The van der Waals surface area contributed by atoms with Gasteiger partial charge in [0.2, 0.25) is 5.91 Å². The van der Waals surface area contributed by atoms with Gasteiger partial charge in [-0.05, 0) is 50.8 Å². The summed E-state index contributed by atoms with van der Waals surface area (Å²) in [7, 11) is 1.92. The first-order valence-corrected chi connectivity index (χ1v) is 10.6. The molecule has 5 nitrogen and oxygen atoms in total. The van der Waals surface area contributed by atoms with E-state index in [9.17, 15) is 4.79 Å². The van der Waals surface area contributed by atoms with E-state index in [2.05, 4.69) is 41.3 Å². The van der Waals surface area contributed by atoms with E-state index in [-0.39, 0.29) is 11.5 Å². The van der Waals surface area contributed by atoms with Crippen molar-refractivity contribution in [3.63, 3.8) is 0 Å². The van der Waals surface area contributed by atoms with Crippen molar-refractivity contribution in [2.45, 2.75) is 64.3 Å². The lowest BCUT2D eigenvalue weighted by Crippen LogP contribution is -2.51. The van der Waals surface area contributed by atoms with Gasteiger partial charge < -0.3 is 9.64 Å². The Hall–Kier alpha value is -2.40. The number of hydrogen-bond donors (Lipinski definition) is 0. The molecule has 2 heterocycles. The summed E-state index contributed by atoms with van der Waals surface area (Å²) in [4.78, 5) is 20.9. The highest BCUT2D eigenvalue weighted by atomic mass is 16.5. The molecular weight excluding hydrogens is 362 g/mol. The van der Waals surface area contributed by atoms with Crippen LogP contribution in [0.5, 0.6) is 5.75 Å². The third-order valence-corrected chi connectivity index (χ3v) is 6.45. The number of carbonyl (C=O) groups excluding carboxylic acids is 1. The van der Waals surface area contributed by atoms with E-state index in [1.165, 1.54) is 5.56 Å². The van der Waals surface area contributed by atoms with Crippen LogP contribution in [0.1, 0.15) is 49.6 Å². The Morgan fingerprint density at radius 2 is 1.97 bits per heavy atom. The molecule has 0 radical (unpaired) electrons. The Morgan fingerprint density at radius 1 is 1.21 bits per heavy atom. The van der Waals surface area contributed by atoms with E-state index >= 15 is 0 Å². The third kappa shape index (κ3) is 4.45. The molecule has 0 atom stereocenters. The summed E-state index contributed by atoms with van der Waals surface area (Å²) in [5.74, 6) is 1.15. The van der Waals surface area contributed by atoms with Crippen LogP contribution in [0.3, 0.4) is 0 Å². The fourth-order valence-corrected chi connectivity index (χ4v) is 4.77. The maximum atomic E-state index is 11.8. The van der Waals surface area contributed by atoms with Crippen LogP contribution >= 0.6 is 0 Å². The molecule has 1 spiro atoms. The standard InChI is InChI=1S/C24H31N3O2/c1-18-7-6-9-21(25-18)16-27-15-20-8-4-5-10-23(20)29-24(17-27)13-11-22(12-14-24)26(3)19(2)28/h4-10,22H,11-17H2,1-3H3. The Labute approximate surface area is 173 Å². The number of carbonyl (C=O) groups is 1. The van der Waals surface area contributed by atoms with Crippen LogP contribution in [-0.2, 0) is 17.9 Å². The molecule has 1 aliphatic heterocycles. The molecule has 2 aliphatic rings. The molecule has 29 heavy (non-hydrogen) atoms. The van der Waals surface area contributed by atoms with Gasteiger partial charge in [0.15, 0.2) is 0 Å². The second-order valence-corrected chi connectivity index (χ2v) is 8.67. The van der Waals surface area contributed by atoms with E-state index < -0.39 is 0 Å². The average molecular weight is 394 g/mol. The number of ether oxygens (including phenoxy) is 1. The molecule has 154 valence electrons. The highest BCUT2D eigenvalue weighted by molar-refractivity contribution is 5.73. The molecule has 1 aromatic carbocycles. The SMILES string of the molecule is CC(=O)N(C)C1CCC2(CC1)CN(Cc1cccc(C)n1)Cc1ccccc1O2. The Bertz CT molecular complexity index is 874. The smallest absolute Gasteiger partial charge is 0.219 e. The lowest BCUT2D eigenvalue weighted by molar-refractivity contribution is -0.131. The van der Waals surface area contributed by atoms with Gasteiger partial charge in [0, 0.05) is 50.9 Å². The van der Waals surface area contributed by atoms with E-state index in [0.717, 1.165) is 62.5 Å². The predicted octanol–water partition coefficient (Wildman–Crippen LogP) is 3.94. The molecule has 1 saturated carbocycles. The monoisotopic (exact) mass is 393 g/mol. The molecule has 1 fully saturated rings. The summed E-state index contributed by atoms with van der Waals surface area (Å²) in [6, 6.07) is 14.9. The summed E-state index contributed by atoms with van der Waals surface area (Å²) in [6.07, 6.45) is 3.88. The van der Waals surface area contributed by atoms with E-state index in [0.29, 0.717) is 6.04 Å². The highest BCUT2D eigenvalue weighted by Crippen LogP contribution is 2.39. The number of pyridine rings is 1. The minimum absolute atomic E-state index is 0.144. The van der Waals surface area contributed by atoms with Crippen molar-refractivity contribution in [2.24, 2.45) is 0 Å². The second kappa shape index (κ2) is 8.15. The molecule has 0 N–H and O–H groups in total. The third-order valence-electron chi connectivity index (χ3n) is 6.45. The topological polar surface area (TPSA) is 45.7 Å². The summed E-state index contributed by atoms with van der Waals surface area (Å²) in [6.45, 7) is 6.26. The van der Waals surface area contributed by atoms with E-state index in [1.54, 1.807) is 6.92 Å². The van der Waals surface area contributed by atoms with Crippen LogP contribution in [0.4, 0.5) is 0 Å². The van der Waals surface area contributed by atoms with Gasteiger partial charge >= 0.3 is 0 Å². The molecule has 5 heteroatoms. The van der Waals surface area contributed by atoms with Gasteiger partial charge in [-0.1, -0.05) is 24.3 Å². The van der Waals surface area contributed by atoms with Crippen molar-refractivity contribution in [2.75, 3.05) is 13.6 Å². The minimum Gasteiger partial charge on any atom is -0.486 e. The molecular formula is C24H31N3O2. The Kier molecular flexibility index (Phi) is 5.59. The molecule has 4 rings (SSSR count). The number of hydrogen-bond acceptors (Lipinski definition) is 4. The van der Waals surface area contributed by atoms with Gasteiger partial charge in [0.1, 0.15) is 11.4 Å². The predicted molar refractivity (Wildman–Crippen MR) is 114 cm³/mol. The first kappa shape index (κ1) is 19.9. The van der Waals surface area contributed by atoms with Crippen LogP contribution in [0.2, 0.25) is 0 Å². The lowest BCUT2D eigenvalue weighted by atomic mass is 9.81. The molecule has 2 aromatic rings. The fraction of sp³-hybridized carbons (Fsp3) is 0.500. The van der Waals surface area contributed by atoms with Crippen LogP contribution < -0.4 is 4.74 Å². The number of nitrogens with zero attached hydrogens (tertiary/aromatic N) is 3. The van der Waals surface area contributed by atoms with Crippen LogP contribution in [0, 0.1) is 6.92 Å². The number of rotatable bonds is 3. The van der Waals surface area contributed by atoms with Gasteiger partial charge in [-0.3, -0.25) is 14.7 Å². The molecule has 1 amide bonds. The number of benzene rings is 1.